The van der Waals surface area contributed by atoms with E-state index in [2.05, 4.69) is 15.3 Å². The molecular formula is C14H19N5O2S. The van der Waals surface area contributed by atoms with Crippen LogP contribution in [0.3, 0.4) is 0 Å². The number of thioether (sulfide) groups is 1. The maximum atomic E-state index is 12.1. The molecule has 1 aliphatic rings. The van der Waals surface area contributed by atoms with Gasteiger partial charge in [0.2, 0.25) is 11.8 Å². The van der Waals surface area contributed by atoms with Crippen molar-refractivity contribution in [1.29, 1.82) is 0 Å². The number of hydrogen-bond acceptors (Lipinski definition) is 6. The summed E-state index contributed by atoms with van der Waals surface area (Å²) in [5.41, 5.74) is 1.69. The van der Waals surface area contributed by atoms with Crippen LogP contribution in [0.2, 0.25) is 0 Å². The van der Waals surface area contributed by atoms with E-state index < -0.39 is 0 Å². The van der Waals surface area contributed by atoms with Gasteiger partial charge in [-0.25, -0.2) is 0 Å². The third-order valence-corrected chi connectivity index (χ3v) is 4.55. The van der Waals surface area contributed by atoms with Gasteiger partial charge in [0.25, 0.3) is 5.89 Å². The lowest BCUT2D eigenvalue weighted by atomic mass is 10.2. The minimum Gasteiger partial charge on any atom is -0.419 e. The highest BCUT2D eigenvalue weighted by Crippen LogP contribution is 2.19. The van der Waals surface area contributed by atoms with Gasteiger partial charge in [0, 0.05) is 44.5 Å². The number of carbonyl (C=O) groups is 1. The number of rotatable bonds is 4. The van der Waals surface area contributed by atoms with Crippen LogP contribution < -0.4 is 0 Å². The molecule has 1 fully saturated rings. The van der Waals surface area contributed by atoms with Crippen molar-refractivity contribution in [3.05, 3.63) is 17.7 Å². The van der Waals surface area contributed by atoms with Crippen molar-refractivity contribution in [2.24, 2.45) is 7.05 Å². The SMILES string of the molecule is Cc1cc(-c2nnc(CCC(=O)N3CCSCC3)o2)n(C)n1. The summed E-state index contributed by atoms with van der Waals surface area (Å²) in [6, 6.07) is 1.90. The summed E-state index contributed by atoms with van der Waals surface area (Å²) in [6.45, 7) is 3.59. The summed E-state index contributed by atoms with van der Waals surface area (Å²) >= 11 is 1.89. The average Bonchev–Trinajstić information content (AvgIpc) is 3.12. The van der Waals surface area contributed by atoms with Gasteiger partial charge in [-0.15, -0.1) is 10.2 Å². The quantitative estimate of drug-likeness (QED) is 0.844. The van der Waals surface area contributed by atoms with Gasteiger partial charge in [-0.05, 0) is 13.0 Å². The molecule has 1 saturated heterocycles. The van der Waals surface area contributed by atoms with E-state index in [9.17, 15) is 4.79 Å². The average molecular weight is 321 g/mol. The monoisotopic (exact) mass is 321 g/mol. The first kappa shape index (κ1) is 15.1. The first-order valence-corrected chi connectivity index (χ1v) is 8.48. The standard InChI is InChI=1S/C14H19N5O2S/c1-10-9-11(18(2)17-10)14-16-15-12(21-14)3-4-13(20)19-5-7-22-8-6-19/h9H,3-8H2,1-2H3. The van der Waals surface area contributed by atoms with Crippen molar-refractivity contribution in [1.82, 2.24) is 24.9 Å². The maximum Gasteiger partial charge on any atom is 0.265 e. The first-order chi connectivity index (χ1) is 10.6. The second kappa shape index (κ2) is 6.51. The van der Waals surface area contributed by atoms with Crippen LogP contribution in [0.25, 0.3) is 11.6 Å². The molecule has 3 heterocycles. The minimum atomic E-state index is 0.163. The number of hydrogen-bond donors (Lipinski definition) is 0. The second-order valence-electron chi connectivity index (χ2n) is 5.29. The number of carbonyl (C=O) groups excluding carboxylic acids is 1. The molecule has 1 amide bonds. The fraction of sp³-hybridized carbons (Fsp3) is 0.571. The van der Waals surface area contributed by atoms with E-state index in [1.807, 2.05) is 36.7 Å². The van der Waals surface area contributed by atoms with E-state index in [1.165, 1.54) is 0 Å². The first-order valence-electron chi connectivity index (χ1n) is 7.32. The van der Waals surface area contributed by atoms with Crippen LogP contribution in [0, 0.1) is 6.92 Å². The van der Waals surface area contributed by atoms with Crippen molar-refractivity contribution in [2.75, 3.05) is 24.6 Å². The lowest BCUT2D eigenvalue weighted by molar-refractivity contribution is -0.130. The summed E-state index contributed by atoms with van der Waals surface area (Å²) in [6.07, 6.45) is 0.892. The fourth-order valence-electron chi connectivity index (χ4n) is 2.45. The normalized spacial score (nSPS) is 15.3. The molecular weight excluding hydrogens is 302 g/mol. The van der Waals surface area contributed by atoms with Crippen molar-refractivity contribution in [2.45, 2.75) is 19.8 Å². The fourth-order valence-corrected chi connectivity index (χ4v) is 3.36. The van der Waals surface area contributed by atoms with E-state index in [4.69, 9.17) is 4.42 Å². The molecule has 22 heavy (non-hydrogen) atoms. The zero-order valence-electron chi connectivity index (χ0n) is 12.8. The number of aromatic nitrogens is 4. The van der Waals surface area contributed by atoms with E-state index >= 15 is 0 Å². The Bertz CT molecular complexity index is 660. The van der Waals surface area contributed by atoms with Crippen LogP contribution in [-0.4, -0.2) is 55.4 Å². The Morgan fingerprint density at radius 2 is 2.14 bits per heavy atom. The van der Waals surface area contributed by atoms with Gasteiger partial charge in [0.1, 0.15) is 5.69 Å². The van der Waals surface area contributed by atoms with Crippen LogP contribution in [-0.2, 0) is 18.3 Å². The predicted octanol–water partition coefficient (Wildman–Crippen LogP) is 1.29. The number of aryl methyl sites for hydroxylation is 3. The van der Waals surface area contributed by atoms with E-state index in [-0.39, 0.29) is 5.91 Å². The molecule has 7 nitrogen and oxygen atoms in total. The van der Waals surface area contributed by atoms with E-state index in [0.717, 1.165) is 36.0 Å². The predicted molar refractivity (Wildman–Crippen MR) is 83.5 cm³/mol. The number of nitrogens with zero attached hydrogens (tertiary/aromatic N) is 5. The minimum absolute atomic E-state index is 0.163. The highest BCUT2D eigenvalue weighted by molar-refractivity contribution is 7.99. The maximum absolute atomic E-state index is 12.1. The van der Waals surface area contributed by atoms with Gasteiger partial charge in [0.05, 0.1) is 5.69 Å². The Kier molecular flexibility index (Phi) is 4.47. The van der Waals surface area contributed by atoms with Gasteiger partial charge in [-0.2, -0.15) is 16.9 Å². The van der Waals surface area contributed by atoms with E-state index in [1.54, 1.807) is 4.68 Å². The van der Waals surface area contributed by atoms with Crippen molar-refractivity contribution in [3.63, 3.8) is 0 Å². The molecule has 2 aromatic heterocycles. The summed E-state index contributed by atoms with van der Waals surface area (Å²) in [7, 11) is 1.84. The van der Waals surface area contributed by atoms with Crippen LogP contribution in [0.15, 0.2) is 10.5 Å². The van der Waals surface area contributed by atoms with Crippen molar-refractivity contribution in [3.8, 4) is 11.6 Å². The molecule has 0 saturated carbocycles. The van der Waals surface area contributed by atoms with Gasteiger partial charge >= 0.3 is 0 Å². The van der Waals surface area contributed by atoms with Crippen molar-refractivity contribution >= 4 is 17.7 Å². The summed E-state index contributed by atoms with van der Waals surface area (Å²) in [4.78, 5) is 14.0. The summed E-state index contributed by atoms with van der Waals surface area (Å²) in [5.74, 6) is 3.15. The molecule has 1 aliphatic heterocycles. The Labute approximate surface area is 133 Å². The van der Waals surface area contributed by atoms with Crippen molar-refractivity contribution < 1.29 is 9.21 Å². The highest BCUT2D eigenvalue weighted by Gasteiger charge is 2.18. The van der Waals surface area contributed by atoms with Gasteiger partial charge < -0.3 is 9.32 Å². The topological polar surface area (TPSA) is 77.0 Å². The zero-order valence-corrected chi connectivity index (χ0v) is 13.6. The van der Waals surface area contributed by atoms with Gasteiger partial charge in [-0.3, -0.25) is 9.48 Å². The molecule has 0 unspecified atom stereocenters. The van der Waals surface area contributed by atoms with Gasteiger partial charge in [0.15, 0.2) is 0 Å². The van der Waals surface area contributed by atoms with Gasteiger partial charge in [-0.1, -0.05) is 0 Å². The summed E-state index contributed by atoms with van der Waals surface area (Å²) in [5, 5.41) is 12.3. The van der Waals surface area contributed by atoms with Crippen LogP contribution in [0.1, 0.15) is 18.0 Å². The molecule has 8 heteroatoms. The lowest BCUT2D eigenvalue weighted by Gasteiger charge is -2.26. The third-order valence-electron chi connectivity index (χ3n) is 3.60. The molecule has 2 aromatic rings. The zero-order chi connectivity index (χ0) is 15.5. The molecule has 118 valence electrons. The Morgan fingerprint density at radius 3 is 2.82 bits per heavy atom. The van der Waals surface area contributed by atoms with E-state index in [0.29, 0.717) is 24.6 Å². The molecule has 3 rings (SSSR count). The molecule has 0 atom stereocenters. The Hall–Kier alpha value is -1.83. The molecule has 0 bridgehead atoms. The summed E-state index contributed by atoms with van der Waals surface area (Å²) < 4.78 is 7.36. The lowest BCUT2D eigenvalue weighted by Crippen LogP contribution is -2.37. The molecule has 0 N–H and O–H groups in total. The highest BCUT2D eigenvalue weighted by atomic mass is 32.2. The molecule has 0 aliphatic carbocycles. The van der Waals surface area contributed by atoms with Crippen LogP contribution in [0.5, 0.6) is 0 Å². The smallest absolute Gasteiger partial charge is 0.265 e. The molecule has 0 aromatic carbocycles. The Balaban J connectivity index is 1.60. The largest absolute Gasteiger partial charge is 0.419 e. The Morgan fingerprint density at radius 1 is 1.36 bits per heavy atom. The third kappa shape index (κ3) is 3.32. The molecule has 0 spiro atoms. The van der Waals surface area contributed by atoms with Crippen LogP contribution >= 0.6 is 11.8 Å². The second-order valence-corrected chi connectivity index (χ2v) is 6.51. The molecule has 0 radical (unpaired) electrons. The van der Waals surface area contributed by atoms with Crippen LogP contribution in [0.4, 0.5) is 0 Å². The number of amides is 1.